The predicted molar refractivity (Wildman–Crippen MR) is 104 cm³/mol. The third-order valence-corrected chi connectivity index (χ3v) is 4.88. The molecule has 6 heteroatoms. The summed E-state index contributed by atoms with van der Waals surface area (Å²) in [7, 11) is 0. The molecule has 0 atom stereocenters. The highest BCUT2D eigenvalue weighted by atomic mass is 35.5. The van der Waals surface area contributed by atoms with Crippen molar-refractivity contribution in [3.05, 3.63) is 81.5 Å². The number of hydrogen-bond acceptors (Lipinski definition) is 4. The molecule has 2 aromatic carbocycles. The molecule has 4 nitrogen and oxygen atoms in total. The van der Waals surface area contributed by atoms with Gasteiger partial charge in [-0.3, -0.25) is 9.59 Å². The Morgan fingerprint density at radius 2 is 1.77 bits per heavy atom. The van der Waals surface area contributed by atoms with Crippen LogP contribution in [0.3, 0.4) is 0 Å². The number of carbonyl (C=O) groups is 2. The zero-order valence-corrected chi connectivity index (χ0v) is 15.3. The van der Waals surface area contributed by atoms with Crippen molar-refractivity contribution in [2.75, 3.05) is 5.32 Å². The fourth-order valence-corrected chi connectivity index (χ4v) is 3.18. The molecule has 0 aliphatic carbocycles. The fraction of sp³-hybridized carbons (Fsp3) is 0.100. The van der Waals surface area contributed by atoms with Gasteiger partial charge in [0.05, 0.1) is 11.3 Å². The zero-order chi connectivity index (χ0) is 18.4. The van der Waals surface area contributed by atoms with Gasteiger partial charge in [0.25, 0.3) is 5.91 Å². The van der Waals surface area contributed by atoms with Gasteiger partial charge in [-0.05, 0) is 53.8 Å². The normalized spacial score (nSPS) is 10.3. The van der Waals surface area contributed by atoms with Gasteiger partial charge < -0.3 is 10.1 Å². The molecule has 0 aliphatic rings. The van der Waals surface area contributed by atoms with Crippen LogP contribution < -0.4 is 10.1 Å². The maximum atomic E-state index is 12.0. The van der Waals surface area contributed by atoms with Gasteiger partial charge in [0.1, 0.15) is 5.75 Å². The zero-order valence-electron chi connectivity index (χ0n) is 13.8. The monoisotopic (exact) mass is 385 g/mol. The first-order valence-corrected chi connectivity index (χ1v) is 9.26. The summed E-state index contributed by atoms with van der Waals surface area (Å²) in [5, 5.41) is 5.29. The van der Waals surface area contributed by atoms with E-state index in [4.69, 9.17) is 16.3 Å². The van der Waals surface area contributed by atoms with Gasteiger partial charge in [0, 0.05) is 10.7 Å². The largest absolute Gasteiger partial charge is 0.427 e. The smallest absolute Gasteiger partial charge is 0.311 e. The maximum Gasteiger partial charge on any atom is 0.311 e. The van der Waals surface area contributed by atoms with Crippen molar-refractivity contribution < 1.29 is 14.3 Å². The first kappa shape index (κ1) is 18.2. The predicted octanol–water partition coefficient (Wildman–Crippen LogP) is 5.19. The van der Waals surface area contributed by atoms with Gasteiger partial charge in [0.15, 0.2) is 0 Å². The van der Waals surface area contributed by atoms with Crippen molar-refractivity contribution >= 4 is 40.5 Å². The number of benzene rings is 2. The Bertz CT molecular complexity index is 892. The number of halogens is 1. The molecule has 0 saturated heterocycles. The third kappa shape index (κ3) is 4.94. The van der Waals surface area contributed by atoms with E-state index in [1.165, 1.54) is 11.3 Å². The minimum Gasteiger partial charge on any atom is -0.427 e. The molecule has 26 heavy (non-hydrogen) atoms. The van der Waals surface area contributed by atoms with Crippen LogP contribution in [-0.4, -0.2) is 11.9 Å². The van der Waals surface area contributed by atoms with Crippen LogP contribution in [0.25, 0.3) is 0 Å². The number of ether oxygens (including phenoxy) is 1. The van der Waals surface area contributed by atoms with Crippen LogP contribution in [0.5, 0.6) is 5.75 Å². The molecule has 0 unspecified atom stereocenters. The Labute approximate surface area is 160 Å². The Hall–Kier alpha value is -2.63. The molecule has 0 radical (unpaired) electrons. The minimum atomic E-state index is -0.333. The summed E-state index contributed by atoms with van der Waals surface area (Å²) in [6, 6.07) is 17.7. The van der Waals surface area contributed by atoms with Gasteiger partial charge in [0.2, 0.25) is 0 Å². The fourth-order valence-electron chi connectivity index (χ4n) is 2.33. The summed E-state index contributed by atoms with van der Waals surface area (Å²) in [5.74, 6) is -0.0620. The highest BCUT2D eigenvalue weighted by molar-refractivity contribution is 7.12. The van der Waals surface area contributed by atoms with E-state index in [2.05, 4.69) is 5.32 Å². The van der Waals surface area contributed by atoms with E-state index in [0.717, 1.165) is 5.56 Å². The summed E-state index contributed by atoms with van der Waals surface area (Å²) in [6.45, 7) is 0. The summed E-state index contributed by atoms with van der Waals surface area (Å²) in [4.78, 5) is 24.6. The number of amides is 1. The first-order valence-electron chi connectivity index (χ1n) is 8.01. The van der Waals surface area contributed by atoms with Crippen molar-refractivity contribution in [3.8, 4) is 5.75 Å². The van der Waals surface area contributed by atoms with E-state index in [1.54, 1.807) is 36.4 Å². The first-order chi connectivity index (χ1) is 12.6. The number of esters is 1. The number of thiophene rings is 1. The lowest BCUT2D eigenvalue weighted by Gasteiger charge is -2.07. The van der Waals surface area contributed by atoms with Crippen molar-refractivity contribution in [1.29, 1.82) is 0 Å². The molecule has 1 amide bonds. The van der Waals surface area contributed by atoms with E-state index in [0.29, 0.717) is 27.8 Å². The molecule has 0 spiro atoms. The topological polar surface area (TPSA) is 55.4 Å². The van der Waals surface area contributed by atoms with E-state index < -0.39 is 0 Å². The number of rotatable bonds is 6. The van der Waals surface area contributed by atoms with Crippen LogP contribution in [0.1, 0.15) is 21.7 Å². The molecule has 1 aromatic heterocycles. The second-order valence-corrected chi connectivity index (χ2v) is 6.88. The van der Waals surface area contributed by atoms with Crippen LogP contribution >= 0.6 is 22.9 Å². The molecular weight excluding hydrogens is 370 g/mol. The summed E-state index contributed by atoms with van der Waals surface area (Å²) in [6.07, 6.45) is 0.758. The van der Waals surface area contributed by atoms with Crippen molar-refractivity contribution in [1.82, 2.24) is 0 Å². The highest BCUT2D eigenvalue weighted by Crippen LogP contribution is 2.20. The number of aryl methyl sites for hydroxylation is 1. The molecule has 3 aromatic rings. The Kier molecular flexibility index (Phi) is 6.04. The van der Waals surface area contributed by atoms with Crippen molar-refractivity contribution in [3.63, 3.8) is 0 Å². The summed E-state index contributed by atoms with van der Waals surface area (Å²) < 4.78 is 5.32. The lowest BCUT2D eigenvalue weighted by Crippen LogP contribution is -2.11. The lowest BCUT2D eigenvalue weighted by molar-refractivity contribution is -0.134. The van der Waals surface area contributed by atoms with Crippen LogP contribution in [-0.2, 0) is 11.2 Å². The molecular formula is C20H16ClNO3S. The molecule has 3 rings (SSSR count). The Morgan fingerprint density at radius 1 is 1.00 bits per heavy atom. The summed E-state index contributed by atoms with van der Waals surface area (Å²) >= 11 is 7.45. The number of carbonyl (C=O) groups excluding carboxylic acids is 2. The van der Waals surface area contributed by atoms with E-state index in [1.807, 2.05) is 29.6 Å². The highest BCUT2D eigenvalue weighted by Gasteiger charge is 2.09. The maximum absolute atomic E-state index is 12.0. The molecule has 0 aliphatic heterocycles. The average Bonchev–Trinajstić information content (AvgIpc) is 3.17. The molecule has 1 N–H and O–H groups in total. The van der Waals surface area contributed by atoms with Gasteiger partial charge in [-0.25, -0.2) is 0 Å². The van der Waals surface area contributed by atoms with Crippen LogP contribution in [0.2, 0.25) is 5.02 Å². The van der Waals surface area contributed by atoms with Crippen LogP contribution in [0.15, 0.2) is 66.0 Å². The van der Waals surface area contributed by atoms with E-state index in [9.17, 15) is 9.59 Å². The number of hydrogen-bond donors (Lipinski definition) is 1. The molecule has 132 valence electrons. The number of nitrogens with one attached hydrogen (secondary N) is 1. The lowest BCUT2D eigenvalue weighted by atomic mass is 10.1. The number of anilines is 1. The molecule has 0 bridgehead atoms. The second-order valence-electron chi connectivity index (χ2n) is 5.52. The van der Waals surface area contributed by atoms with Crippen molar-refractivity contribution in [2.45, 2.75) is 12.8 Å². The summed E-state index contributed by atoms with van der Waals surface area (Å²) in [5.41, 5.74) is 1.55. The van der Waals surface area contributed by atoms with Crippen LogP contribution in [0, 0.1) is 0 Å². The minimum absolute atomic E-state index is 0.163. The molecule has 0 saturated carbocycles. The molecule has 1 heterocycles. The van der Waals surface area contributed by atoms with Gasteiger partial charge in [-0.2, -0.15) is 0 Å². The van der Waals surface area contributed by atoms with E-state index >= 15 is 0 Å². The Morgan fingerprint density at radius 3 is 2.46 bits per heavy atom. The average molecular weight is 386 g/mol. The van der Waals surface area contributed by atoms with Gasteiger partial charge >= 0.3 is 5.97 Å². The standard InChI is InChI=1S/C20H16ClNO3S/c21-17-5-2-1-4-14(17)7-12-19(23)25-16-10-8-15(9-11-16)22-20(24)18-6-3-13-26-18/h1-6,8-11,13H,7,12H2,(H,22,24). The third-order valence-electron chi connectivity index (χ3n) is 3.65. The van der Waals surface area contributed by atoms with Crippen molar-refractivity contribution in [2.24, 2.45) is 0 Å². The SMILES string of the molecule is O=C(CCc1ccccc1Cl)Oc1ccc(NC(=O)c2cccs2)cc1. The quantitative estimate of drug-likeness (QED) is 0.469. The van der Waals surface area contributed by atoms with E-state index in [-0.39, 0.29) is 18.3 Å². The second kappa shape index (κ2) is 8.65. The molecule has 0 fully saturated rings. The van der Waals surface area contributed by atoms with Crippen LogP contribution in [0.4, 0.5) is 5.69 Å². The van der Waals surface area contributed by atoms with Gasteiger partial charge in [-0.15, -0.1) is 11.3 Å². The van der Waals surface area contributed by atoms with Gasteiger partial charge in [-0.1, -0.05) is 35.9 Å². The Balaban J connectivity index is 1.51.